The zero-order valence-corrected chi connectivity index (χ0v) is 11.4. The van der Waals surface area contributed by atoms with Crippen LogP contribution in [0.5, 0.6) is 0 Å². The number of nitrogens with one attached hydrogen (secondary N) is 1. The van der Waals surface area contributed by atoms with Crippen molar-refractivity contribution in [3.63, 3.8) is 0 Å². The van der Waals surface area contributed by atoms with E-state index in [9.17, 15) is 14.9 Å². The van der Waals surface area contributed by atoms with Crippen molar-refractivity contribution in [1.82, 2.24) is 5.32 Å². The van der Waals surface area contributed by atoms with Crippen molar-refractivity contribution < 1.29 is 14.7 Å². The minimum Gasteiger partial charge on any atom is -0.478 e. The van der Waals surface area contributed by atoms with Gasteiger partial charge < -0.3 is 15.3 Å². The number of carboxylic acids is 1. The predicted molar refractivity (Wildman–Crippen MR) is 77.7 cm³/mol. The molecule has 0 unspecified atom stereocenters. The van der Waals surface area contributed by atoms with E-state index in [1.807, 2.05) is 4.90 Å². The number of amides is 1. The smallest absolute Gasteiger partial charge is 0.328 e. The second-order valence-electron chi connectivity index (χ2n) is 4.65. The molecule has 0 aliphatic carbocycles. The summed E-state index contributed by atoms with van der Waals surface area (Å²) in [6.07, 6.45) is 2.87. The molecule has 1 aromatic rings. The second-order valence-corrected chi connectivity index (χ2v) is 4.65. The number of hydrogen-bond donors (Lipinski definition) is 2. The lowest BCUT2D eigenvalue weighted by Crippen LogP contribution is -2.28. The standard InChI is InChI=1S/C15H15N3O3/c16-10-12-9-11(2-4-15(20)21)1-3-13(12)18-7-5-14(19)17-6-8-18/h1-4,9H,5-8H2,(H,17,19)(H,20,21)/b4-2+. The van der Waals surface area contributed by atoms with E-state index in [0.717, 1.165) is 11.8 Å². The summed E-state index contributed by atoms with van der Waals surface area (Å²) in [7, 11) is 0. The highest BCUT2D eigenvalue weighted by Gasteiger charge is 2.16. The molecule has 1 saturated heterocycles. The Bertz CT molecular complexity index is 632. The van der Waals surface area contributed by atoms with Crippen molar-refractivity contribution in [1.29, 1.82) is 5.26 Å². The van der Waals surface area contributed by atoms with Crippen LogP contribution in [0.4, 0.5) is 5.69 Å². The van der Waals surface area contributed by atoms with Gasteiger partial charge in [0.05, 0.1) is 11.3 Å². The Labute approximate surface area is 122 Å². The molecule has 0 aromatic heterocycles. The van der Waals surface area contributed by atoms with Crippen molar-refractivity contribution >= 4 is 23.6 Å². The molecule has 6 nitrogen and oxygen atoms in total. The molecule has 0 atom stereocenters. The fourth-order valence-electron chi connectivity index (χ4n) is 2.20. The molecule has 0 saturated carbocycles. The third-order valence-corrected chi connectivity index (χ3v) is 3.21. The number of carbonyl (C=O) groups excluding carboxylic acids is 1. The number of benzene rings is 1. The first-order chi connectivity index (χ1) is 10.1. The average Bonchev–Trinajstić information content (AvgIpc) is 2.69. The van der Waals surface area contributed by atoms with Gasteiger partial charge in [0.1, 0.15) is 6.07 Å². The van der Waals surface area contributed by atoms with E-state index in [0.29, 0.717) is 37.2 Å². The normalized spacial score (nSPS) is 15.4. The number of anilines is 1. The molecule has 108 valence electrons. The van der Waals surface area contributed by atoms with E-state index in [4.69, 9.17) is 5.11 Å². The zero-order chi connectivity index (χ0) is 15.2. The molecule has 2 rings (SSSR count). The summed E-state index contributed by atoms with van der Waals surface area (Å²) in [5.41, 5.74) is 1.89. The van der Waals surface area contributed by atoms with Gasteiger partial charge in [-0.15, -0.1) is 0 Å². The van der Waals surface area contributed by atoms with Crippen LogP contribution < -0.4 is 10.2 Å². The third kappa shape index (κ3) is 3.83. The summed E-state index contributed by atoms with van der Waals surface area (Å²) in [5.74, 6) is -1.02. The Balaban J connectivity index is 2.26. The highest BCUT2D eigenvalue weighted by Crippen LogP contribution is 2.23. The number of nitriles is 1. The number of aliphatic carboxylic acids is 1. The Morgan fingerprint density at radius 1 is 1.43 bits per heavy atom. The molecule has 2 N–H and O–H groups in total. The highest BCUT2D eigenvalue weighted by atomic mass is 16.4. The summed E-state index contributed by atoms with van der Waals surface area (Å²) in [6.45, 7) is 1.75. The summed E-state index contributed by atoms with van der Waals surface area (Å²) in [4.78, 5) is 23.8. The predicted octanol–water partition coefficient (Wildman–Crippen LogP) is 0.982. The molecule has 1 aliphatic heterocycles. The van der Waals surface area contributed by atoms with Crippen LogP contribution in [-0.4, -0.2) is 36.6 Å². The van der Waals surface area contributed by atoms with E-state index in [2.05, 4.69) is 11.4 Å². The molecule has 0 bridgehead atoms. The topological polar surface area (TPSA) is 93.4 Å². The van der Waals surface area contributed by atoms with Gasteiger partial charge in [0.15, 0.2) is 0 Å². The molecule has 1 heterocycles. The van der Waals surface area contributed by atoms with Crippen LogP contribution in [0.2, 0.25) is 0 Å². The van der Waals surface area contributed by atoms with E-state index in [-0.39, 0.29) is 5.91 Å². The maximum atomic E-state index is 11.4. The Morgan fingerprint density at radius 3 is 2.95 bits per heavy atom. The maximum absolute atomic E-state index is 11.4. The van der Waals surface area contributed by atoms with Crippen molar-refractivity contribution in [3.05, 3.63) is 35.4 Å². The third-order valence-electron chi connectivity index (χ3n) is 3.21. The number of nitrogens with zero attached hydrogens (tertiary/aromatic N) is 2. The summed E-state index contributed by atoms with van der Waals surface area (Å²) in [6, 6.07) is 7.32. The van der Waals surface area contributed by atoms with Crippen LogP contribution in [0.1, 0.15) is 17.5 Å². The Morgan fingerprint density at radius 2 is 2.24 bits per heavy atom. The molecular weight excluding hydrogens is 270 g/mol. The largest absolute Gasteiger partial charge is 0.478 e. The zero-order valence-electron chi connectivity index (χ0n) is 11.4. The highest BCUT2D eigenvalue weighted by molar-refractivity contribution is 5.85. The number of rotatable bonds is 3. The Kier molecular flexibility index (Phi) is 4.57. The van der Waals surface area contributed by atoms with E-state index >= 15 is 0 Å². The lowest BCUT2D eigenvalue weighted by molar-refractivity contribution is -0.131. The minimum atomic E-state index is -1.03. The molecular formula is C15H15N3O3. The first-order valence-electron chi connectivity index (χ1n) is 6.57. The molecule has 0 spiro atoms. The molecule has 21 heavy (non-hydrogen) atoms. The SMILES string of the molecule is N#Cc1cc(/C=C/C(=O)O)ccc1N1CCNC(=O)CC1. The van der Waals surface area contributed by atoms with E-state index in [1.54, 1.807) is 18.2 Å². The lowest BCUT2D eigenvalue weighted by Gasteiger charge is -2.23. The molecule has 1 aliphatic rings. The quantitative estimate of drug-likeness (QED) is 0.807. The van der Waals surface area contributed by atoms with Gasteiger partial charge in [-0.25, -0.2) is 4.79 Å². The van der Waals surface area contributed by atoms with Crippen molar-refractivity contribution in [2.75, 3.05) is 24.5 Å². The van der Waals surface area contributed by atoms with Crippen LogP contribution in [0.25, 0.3) is 6.08 Å². The summed E-state index contributed by atoms with van der Waals surface area (Å²) >= 11 is 0. The lowest BCUT2D eigenvalue weighted by atomic mass is 10.1. The van der Waals surface area contributed by atoms with Crippen LogP contribution in [0.15, 0.2) is 24.3 Å². The fourth-order valence-corrected chi connectivity index (χ4v) is 2.20. The van der Waals surface area contributed by atoms with Gasteiger partial charge in [-0.2, -0.15) is 5.26 Å². The summed E-state index contributed by atoms with van der Waals surface area (Å²) < 4.78 is 0. The molecule has 1 aromatic carbocycles. The van der Waals surface area contributed by atoms with Gasteiger partial charge in [-0.3, -0.25) is 4.79 Å². The van der Waals surface area contributed by atoms with Gasteiger partial charge in [-0.05, 0) is 23.8 Å². The van der Waals surface area contributed by atoms with Crippen molar-refractivity contribution in [2.24, 2.45) is 0 Å². The first-order valence-corrected chi connectivity index (χ1v) is 6.57. The monoisotopic (exact) mass is 285 g/mol. The first kappa shape index (κ1) is 14.6. The van der Waals surface area contributed by atoms with Gasteiger partial charge >= 0.3 is 5.97 Å². The van der Waals surface area contributed by atoms with Crippen molar-refractivity contribution in [3.8, 4) is 6.07 Å². The average molecular weight is 285 g/mol. The van der Waals surface area contributed by atoms with Crippen LogP contribution >= 0.6 is 0 Å². The molecule has 6 heteroatoms. The van der Waals surface area contributed by atoms with Crippen LogP contribution in [0.3, 0.4) is 0 Å². The minimum absolute atomic E-state index is 0.0111. The van der Waals surface area contributed by atoms with Gasteiger partial charge in [-0.1, -0.05) is 6.07 Å². The fraction of sp³-hybridized carbons (Fsp3) is 0.267. The Hall–Kier alpha value is -2.81. The molecule has 1 fully saturated rings. The number of carboxylic acid groups (broad SMARTS) is 1. The van der Waals surface area contributed by atoms with E-state index in [1.165, 1.54) is 6.08 Å². The van der Waals surface area contributed by atoms with E-state index < -0.39 is 5.97 Å². The van der Waals surface area contributed by atoms with Gasteiger partial charge in [0.2, 0.25) is 5.91 Å². The van der Waals surface area contributed by atoms with Crippen molar-refractivity contribution in [2.45, 2.75) is 6.42 Å². The number of hydrogen-bond acceptors (Lipinski definition) is 4. The number of carbonyl (C=O) groups is 2. The molecule has 0 radical (unpaired) electrons. The van der Waals surface area contributed by atoms with Crippen LogP contribution in [-0.2, 0) is 9.59 Å². The molecule has 1 amide bonds. The second kappa shape index (κ2) is 6.57. The maximum Gasteiger partial charge on any atom is 0.328 e. The summed E-state index contributed by atoms with van der Waals surface area (Å²) in [5, 5.41) is 20.7. The van der Waals surface area contributed by atoms with Crippen LogP contribution in [0, 0.1) is 11.3 Å². The van der Waals surface area contributed by atoms with Gasteiger partial charge in [0.25, 0.3) is 0 Å². The van der Waals surface area contributed by atoms with Gasteiger partial charge in [0, 0.05) is 32.1 Å².